The Morgan fingerprint density at radius 3 is 2.76 bits per heavy atom. The van der Waals surface area contributed by atoms with Gasteiger partial charge >= 0.3 is 5.97 Å². The first-order valence-corrected chi connectivity index (χ1v) is 6.35. The molecular formula is C15H14N4O2. The van der Waals surface area contributed by atoms with Crippen LogP contribution in [0.3, 0.4) is 0 Å². The molecule has 6 nitrogen and oxygen atoms in total. The van der Waals surface area contributed by atoms with E-state index in [0.29, 0.717) is 5.82 Å². The fourth-order valence-electron chi connectivity index (χ4n) is 1.74. The fraction of sp³-hybridized carbons (Fsp3) is 0.133. The van der Waals surface area contributed by atoms with Crippen molar-refractivity contribution < 1.29 is 9.53 Å². The molecule has 0 aliphatic rings. The monoisotopic (exact) mass is 282 g/mol. The van der Waals surface area contributed by atoms with Crippen LogP contribution in [0.5, 0.6) is 0 Å². The van der Waals surface area contributed by atoms with Crippen LogP contribution in [0.15, 0.2) is 36.4 Å². The van der Waals surface area contributed by atoms with Gasteiger partial charge in [0.2, 0.25) is 0 Å². The number of para-hydroxylation sites is 1. The molecule has 0 fully saturated rings. The number of rotatable bonds is 4. The molecule has 0 radical (unpaired) electrons. The number of nitrogens with zero attached hydrogens (tertiary/aromatic N) is 2. The van der Waals surface area contributed by atoms with Crippen molar-refractivity contribution in [1.82, 2.24) is 4.98 Å². The van der Waals surface area contributed by atoms with E-state index in [9.17, 15) is 10.1 Å². The van der Waals surface area contributed by atoms with Crippen LogP contribution in [0.2, 0.25) is 0 Å². The molecule has 1 heterocycles. The van der Waals surface area contributed by atoms with Crippen molar-refractivity contribution in [2.24, 2.45) is 0 Å². The highest BCUT2D eigenvalue weighted by Gasteiger charge is 2.16. The molecule has 2 rings (SSSR count). The summed E-state index contributed by atoms with van der Waals surface area (Å²) in [5.41, 5.74) is 6.85. The van der Waals surface area contributed by atoms with Crippen molar-refractivity contribution >= 4 is 23.3 Å². The summed E-state index contributed by atoms with van der Waals surface area (Å²) in [4.78, 5) is 15.8. The molecule has 6 heteroatoms. The molecule has 0 atom stereocenters. The van der Waals surface area contributed by atoms with E-state index in [-0.39, 0.29) is 23.6 Å². The van der Waals surface area contributed by atoms with E-state index in [1.165, 1.54) is 6.07 Å². The van der Waals surface area contributed by atoms with E-state index in [1.54, 1.807) is 6.92 Å². The van der Waals surface area contributed by atoms with Crippen LogP contribution in [0.1, 0.15) is 22.8 Å². The lowest BCUT2D eigenvalue weighted by Gasteiger charge is -2.10. The lowest BCUT2D eigenvalue weighted by Crippen LogP contribution is -2.11. The number of ether oxygens (including phenoxy) is 1. The van der Waals surface area contributed by atoms with Gasteiger partial charge in [-0.25, -0.2) is 9.78 Å². The number of nitriles is 1. The number of aromatic nitrogens is 1. The molecule has 21 heavy (non-hydrogen) atoms. The van der Waals surface area contributed by atoms with Gasteiger partial charge in [0.1, 0.15) is 17.5 Å². The van der Waals surface area contributed by atoms with E-state index in [1.807, 2.05) is 36.4 Å². The van der Waals surface area contributed by atoms with Gasteiger partial charge < -0.3 is 15.8 Å². The van der Waals surface area contributed by atoms with Crippen LogP contribution in [0, 0.1) is 11.3 Å². The number of anilines is 3. The van der Waals surface area contributed by atoms with E-state index in [4.69, 9.17) is 10.5 Å². The molecule has 0 spiro atoms. The number of nitrogens with one attached hydrogen (secondary N) is 1. The van der Waals surface area contributed by atoms with Crippen molar-refractivity contribution in [2.45, 2.75) is 6.92 Å². The maximum Gasteiger partial charge on any atom is 0.341 e. The van der Waals surface area contributed by atoms with E-state index < -0.39 is 5.97 Å². The minimum atomic E-state index is -0.592. The standard InChI is InChI=1S/C15H14N4O2/c1-2-21-15(20)12-8-10(9-16)14(19-13(12)17)18-11-6-4-3-5-7-11/h3-8H,2H2,1H3,(H3,17,18,19). The number of hydrogen-bond acceptors (Lipinski definition) is 6. The third kappa shape index (κ3) is 3.28. The predicted molar refractivity (Wildman–Crippen MR) is 79.0 cm³/mol. The number of nitrogen functional groups attached to an aromatic ring is 1. The van der Waals surface area contributed by atoms with E-state index >= 15 is 0 Å². The third-order valence-corrected chi connectivity index (χ3v) is 2.70. The molecule has 0 unspecified atom stereocenters. The second-order valence-electron chi connectivity index (χ2n) is 4.14. The van der Waals surface area contributed by atoms with Crippen LogP contribution in [0.4, 0.5) is 17.3 Å². The zero-order valence-corrected chi connectivity index (χ0v) is 11.5. The van der Waals surface area contributed by atoms with Crippen molar-refractivity contribution in [2.75, 3.05) is 17.7 Å². The van der Waals surface area contributed by atoms with E-state index in [2.05, 4.69) is 10.3 Å². The first kappa shape index (κ1) is 14.3. The number of carbonyl (C=O) groups is 1. The molecule has 0 aliphatic carbocycles. The van der Waals surface area contributed by atoms with Crippen LogP contribution in [-0.4, -0.2) is 17.6 Å². The van der Waals surface area contributed by atoms with E-state index in [0.717, 1.165) is 5.69 Å². The highest BCUT2D eigenvalue weighted by molar-refractivity contribution is 5.95. The van der Waals surface area contributed by atoms with Crippen molar-refractivity contribution in [3.63, 3.8) is 0 Å². The largest absolute Gasteiger partial charge is 0.462 e. The summed E-state index contributed by atoms with van der Waals surface area (Å²) in [6, 6.07) is 12.6. The average Bonchev–Trinajstić information content (AvgIpc) is 2.48. The average molecular weight is 282 g/mol. The Morgan fingerprint density at radius 1 is 1.43 bits per heavy atom. The smallest absolute Gasteiger partial charge is 0.341 e. The Bertz CT molecular complexity index is 693. The molecule has 1 aromatic carbocycles. The minimum absolute atomic E-state index is 0.0193. The second-order valence-corrected chi connectivity index (χ2v) is 4.14. The Kier molecular flexibility index (Phi) is 4.36. The molecule has 1 aromatic heterocycles. The Balaban J connectivity index is 2.38. The van der Waals surface area contributed by atoms with Crippen molar-refractivity contribution in [1.29, 1.82) is 5.26 Å². The molecule has 0 saturated heterocycles. The molecule has 2 aromatic rings. The third-order valence-electron chi connectivity index (χ3n) is 2.70. The topological polar surface area (TPSA) is 101 Å². The molecule has 0 bridgehead atoms. The van der Waals surface area contributed by atoms with Gasteiger partial charge in [0, 0.05) is 5.69 Å². The summed E-state index contributed by atoms with van der Waals surface area (Å²) in [7, 11) is 0. The van der Waals surface area contributed by atoms with Crippen LogP contribution >= 0.6 is 0 Å². The summed E-state index contributed by atoms with van der Waals surface area (Å²) < 4.78 is 4.88. The van der Waals surface area contributed by atoms with Crippen LogP contribution in [-0.2, 0) is 4.74 Å². The van der Waals surface area contributed by atoms with Gasteiger partial charge in [-0.3, -0.25) is 0 Å². The van der Waals surface area contributed by atoms with Gasteiger partial charge in [0.15, 0.2) is 5.82 Å². The fourth-order valence-corrected chi connectivity index (χ4v) is 1.74. The van der Waals surface area contributed by atoms with Gasteiger partial charge in [-0.1, -0.05) is 18.2 Å². The number of benzene rings is 1. The number of esters is 1. The summed E-state index contributed by atoms with van der Waals surface area (Å²) in [6.45, 7) is 1.92. The first-order chi connectivity index (χ1) is 10.2. The number of hydrogen-bond donors (Lipinski definition) is 2. The van der Waals surface area contributed by atoms with Crippen molar-refractivity contribution in [3.8, 4) is 6.07 Å². The predicted octanol–water partition coefficient (Wildman–Crippen LogP) is 2.46. The maximum atomic E-state index is 11.7. The zero-order chi connectivity index (χ0) is 15.2. The van der Waals surface area contributed by atoms with Gasteiger partial charge in [0.05, 0.1) is 12.2 Å². The Hall–Kier alpha value is -3.07. The lowest BCUT2D eigenvalue weighted by atomic mass is 10.1. The normalized spacial score (nSPS) is 9.71. The molecular weight excluding hydrogens is 268 g/mol. The second kappa shape index (κ2) is 6.39. The van der Waals surface area contributed by atoms with Gasteiger partial charge in [-0.15, -0.1) is 0 Å². The highest BCUT2D eigenvalue weighted by atomic mass is 16.5. The maximum absolute atomic E-state index is 11.7. The Labute approximate surface area is 122 Å². The van der Waals surface area contributed by atoms with Crippen molar-refractivity contribution in [3.05, 3.63) is 47.5 Å². The molecule has 106 valence electrons. The number of nitrogens with two attached hydrogens (primary N) is 1. The summed E-state index contributed by atoms with van der Waals surface area (Å²) in [5, 5.41) is 12.2. The molecule has 0 aliphatic heterocycles. The van der Waals surface area contributed by atoms with Crippen LogP contribution < -0.4 is 11.1 Å². The minimum Gasteiger partial charge on any atom is -0.462 e. The molecule has 0 saturated carbocycles. The first-order valence-electron chi connectivity index (χ1n) is 6.35. The number of carbonyl (C=O) groups excluding carboxylic acids is 1. The van der Waals surface area contributed by atoms with Gasteiger partial charge in [-0.05, 0) is 25.1 Å². The highest BCUT2D eigenvalue weighted by Crippen LogP contribution is 2.23. The zero-order valence-electron chi connectivity index (χ0n) is 11.5. The lowest BCUT2D eigenvalue weighted by molar-refractivity contribution is 0.0527. The summed E-state index contributed by atoms with van der Waals surface area (Å²) in [6.07, 6.45) is 0. The van der Waals surface area contributed by atoms with Crippen LogP contribution in [0.25, 0.3) is 0 Å². The Morgan fingerprint density at radius 2 is 2.14 bits per heavy atom. The quantitative estimate of drug-likeness (QED) is 0.835. The molecule has 0 amide bonds. The number of pyridine rings is 1. The SMILES string of the molecule is CCOC(=O)c1cc(C#N)c(Nc2ccccc2)nc1N. The summed E-state index contributed by atoms with van der Waals surface area (Å²) in [5.74, 6) is -0.273. The summed E-state index contributed by atoms with van der Waals surface area (Å²) >= 11 is 0. The molecule has 3 N–H and O–H groups in total. The van der Waals surface area contributed by atoms with Gasteiger partial charge in [-0.2, -0.15) is 5.26 Å². The van der Waals surface area contributed by atoms with Gasteiger partial charge in [0.25, 0.3) is 0 Å².